The zero-order valence-electron chi connectivity index (χ0n) is 19.0. The highest BCUT2D eigenvalue weighted by molar-refractivity contribution is 9.10. The Labute approximate surface area is 225 Å². The van der Waals surface area contributed by atoms with Crippen LogP contribution in [-0.4, -0.2) is 23.1 Å². The third-order valence-corrected chi connectivity index (χ3v) is 6.88. The fourth-order valence-corrected chi connectivity index (χ4v) is 4.47. The number of urea groups is 1. The fraction of sp³-hybridized carbons (Fsp3) is 0.231. The molecule has 3 aromatic carbocycles. The van der Waals surface area contributed by atoms with E-state index in [0.717, 1.165) is 31.6 Å². The van der Waals surface area contributed by atoms with Crippen LogP contribution in [0.5, 0.6) is 5.75 Å². The molecule has 0 bridgehead atoms. The summed E-state index contributed by atoms with van der Waals surface area (Å²) in [5.74, 6) is -0.326. The van der Waals surface area contributed by atoms with Gasteiger partial charge in [0, 0.05) is 20.2 Å². The van der Waals surface area contributed by atoms with Crippen LogP contribution in [0, 0.1) is 0 Å². The Morgan fingerprint density at radius 1 is 0.914 bits per heavy atom. The second kappa shape index (κ2) is 10.3. The molecule has 1 unspecified atom stereocenters. The van der Waals surface area contributed by atoms with Crippen molar-refractivity contribution < 1.29 is 19.4 Å². The molecule has 1 heterocycles. The summed E-state index contributed by atoms with van der Waals surface area (Å²) in [5, 5.41) is 12.1. The number of nitrogens with zero attached hydrogens (tertiary/aromatic N) is 2. The van der Waals surface area contributed by atoms with Gasteiger partial charge in [-0.1, -0.05) is 57.3 Å². The summed E-state index contributed by atoms with van der Waals surface area (Å²) >= 11 is 13.2. The van der Waals surface area contributed by atoms with Crippen LogP contribution in [0.3, 0.4) is 0 Å². The summed E-state index contributed by atoms with van der Waals surface area (Å²) in [4.78, 5) is 29.3. The van der Waals surface area contributed by atoms with Crippen molar-refractivity contribution in [2.24, 2.45) is 0 Å². The van der Waals surface area contributed by atoms with Gasteiger partial charge in [0.25, 0.3) is 11.6 Å². The van der Waals surface area contributed by atoms with Gasteiger partial charge in [0.2, 0.25) is 0 Å². The van der Waals surface area contributed by atoms with Crippen LogP contribution >= 0.6 is 43.5 Å². The number of imide groups is 1. The first-order chi connectivity index (χ1) is 16.8. The maximum atomic E-state index is 13.7. The van der Waals surface area contributed by atoms with E-state index in [1.165, 1.54) is 6.07 Å². The molecule has 0 radical (unpaired) electrons. The first-order valence-corrected chi connectivity index (χ1v) is 13.1. The van der Waals surface area contributed by atoms with Crippen molar-refractivity contribution in [2.45, 2.75) is 38.5 Å². The smallest absolute Gasteiger partial charge is 0.339 e. The van der Waals surface area contributed by atoms with Crippen molar-refractivity contribution in [3.8, 4) is 5.75 Å². The molecule has 9 heteroatoms. The van der Waals surface area contributed by atoms with Gasteiger partial charge >= 0.3 is 6.03 Å². The number of hydrogen-bond donors (Lipinski definition) is 1. The molecule has 3 aromatic rings. The van der Waals surface area contributed by atoms with Gasteiger partial charge in [-0.3, -0.25) is 9.69 Å². The number of benzene rings is 3. The number of hydrogen-bond acceptors (Lipinski definition) is 4. The van der Waals surface area contributed by atoms with E-state index in [1.807, 2.05) is 13.8 Å². The van der Waals surface area contributed by atoms with Gasteiger partial charge in [0.05, 0.1) is 16.8 Å². The van der Waals surface area contributed by atoms with Crippen LogP contribution in [0.1, 0.15) is 32.3 Å². The molecule has 3 amide bonds. The number of carbonyl (C=O) groups is 2. The van der Waals surface area contributed by atoms with E-state index in [9.17, 15) is 14.7 Å². The van der Waals surface area contributed by atoms with Crippen LogP contribution in [0.4, 0.5) is 16.2 Å². The van der Waals surface area contributed by atoms with E-state index in [-0.39, 0.29) is 16.7 Å². The van der Waals surface area contributed by atoms with E-state index >= 15 is 0 Å². The van der Waals surface area contributed by atoms with Crippen molar-refractivity contribution in [1.82, 2.24) is 0 Å². The molecule has 1 saturated carbocycles. The molecule has 1 N–H and O–H groups in total. The molecule has 1 aliphatic carbocycles. The number of rotatable bonds is 5. The van der Waals surface area contributed by atoms with Gasteiger partial charge in [-0.2, -0.15) is 0 Å². The fourth-order valence-electron chi connectivity index (χ4n) is 3.71. The van der Waals surface area contributed by atoms with Gasteiger partial charge in [0.15, 0.2) is 0 Å². The van der Waals surface area contributed by atoms with Crippen LogP contribution in [-0.2, 0) is 10.5 Å². The Hall–Kier alpha value is -2.39. The summed E-state index contributed by atoms with van der Waals surface area (Å²) < 4.78 is 7.37. The SMILES string of the molecule is CC.O=C1N(c2ccc(Br)cc2)C(=O)C(O)(c2ccc(OC3CC3)c(Cl)c2)N1c1ccc(Br)cc1. The standard InChI is InChI=1S/C24H17Br2ClN2O4.C2H6/c25-15-2-6-17(7-3-15)28-22(30)24(32,29(23(28)31)18-8-4-16(26)5-9-18)14-1-12-21(20(27)13-14)33-19-10-11-19;1-2/h1-9,12-13,19,32H,10-11H2;1-2H3. The third-order valence-electron chi connectivity index (χ3n) is 5.53. The lowest BCUT2D eigenvalue weighted by molar-refractivity contribution is -0.133. The molecular weight excluding hydrogens is 600 g/mol. The third kappa shape index (κ3) is 4.85. The minimum absolute atomic E-state index is 0.137. The molecule has 0 spiro atoms. The lowest BCUT2D eigenvalue weighted by Crippen LogP contribution is -2.47. The van der Waals surface area contributed by atoms with E-state index in [0.29, 0.717) is 17.1 Å². The Morgan fingerprint density at radius 3 is 1.97 bits per heavy atom. The highest BCUT2D eigenvalue weighted by Gasteiger charge is 2.59. The van der Waals surface area contributed by atoms with Crippen molar-refractivity contribution in [3.63, 3.8) is 0 Å². The quantitative estimate of drug-likeness (QED) is 0.305. The summed E-state index contributed by atoms with van der Waals surface area (Å²) in [6, 6.07) is 17.4. The summed E-state index contributed by atoms with van der Waals surface area (Å²) in [6.07, 6.45) is 2.07. The van der Waals surface area contributed by atoms with Gasteiger partial charge in [-0.05, 0) is 79.6 Å². The number of aliphatic hydroxyl groups is 1. The highest BCUT2D eigenvalue weighted by Crippen LogP contribution is 2.43. The van der Waals surface area contributed by atoms with Crippen molar-refractivity contribution in [1.29, 1.82) is 0 Å². The topological polar surface area (TPSA) is 70.1 Å². The Bertz CT molecular complexity index is 1250. The van der Waals surface area contributed by atoms with Crippen molar-refractivity contribution in [3.05, 3.63) is 86.3 Å². The predicted octanol–water partition coefficient (Wildman–Crippen LogP) is 7.25. The minimum Gasteiger partial charge on any atom is -0.489 e. The summed E-state index contributed by atoms with van der Waals surface area (Å²) in [7, 11) is 0. The van der Waals surface area contributed by atoms with Crippen molar-refractivity contribution >= 4 is 66.8 Å². The van der Waals surface area contributed by atoms with Gasteiger partial charge < -0.3 is 9.84 Å². The number of amides is 3. The van der Waals surface area contributed by atoms with Crippen LogP contribution < -0.4 is 14.5 Å². The Morgan fingerprint density at radius 2 is 1.46 bits per heavy atom. The molecule has 1 atom stereocenters. The first kappa shape index (κ1) is 25.7. The average Bonchev–Trinajstić information content (AvgIpc) is 3.65. The van der Waals surface area contributed by atoms with Crippen LogP contribution in [0.25, 0.3) is 0 Å². The molecule has 6 nitrogen and oxygen atoms in total. The molecule has 2 fully saturated rings. The Kier molecular flexibility index (Phi) is 7.57. The largest absolute Gasteiger partial charge is 0.489 e. The summed E-state index contributed by atoms with van der Waals surface area (Å²) in [6.45, 7) is 4.00. The number of carbonyl (C=O) groups excluding carboxylic acids is 2. The lowest BCUT2D eigenvalue weighted by Gasteiger charge is -2.30. The average molecular weight is 623 g/mol. The molecule has 35 heavy (non-hydrogen) atoms. The molecule has 182 valence electrons. The predicted molar refractivity (Wildman–Crippen MR) is 144 cm³/mol. The van der Waals surface area contributed by atoms with E-state index in [1.54, 1.807) is 60.7 Å². The van der Waals surface area contributed by atoms with Gasteiger partial charge in [0.1, 0.15) is 5.75 Å². The van der Waals surface area contributed by atoms with Gasteiger partial charge in [-0.15, -0.1) is 0 Å². The normalized spacial score (nSPS) is 19.5. The zero-order chi connectivity index (χ0) is 25.3. The van der Waals surface area contributed by atoms with E-state index in [4.69, 9.17) is 16.3 Å². The Balaban J connectivity index is 0.00000141. The number of halogens is 3. The van der Waals surface area contributed by atoms with Crippen LogP contribution in [0.2, 0.25) is 5.02 Å². The number of anilines is 2. The number of ether oxygens (including phenoxy) is 1. The second-order valence-corrected chi connectivity index (χ2v) is 10.1. The van der Waals surface area contributed by atoms with Crippen LogP contribution in [0.15, 0.2) is 75.7 Å². The molecule has 2 aliphatic rings. The maximum Gasteiger partial charge on any atom is 0.339 e. The van der Waals surface area contributed by atoms with Gasteiger partial charge in [-0.25, -0.2) is 9.69 Å². The second-order valence-electron chi connectivity index (χ2n) is 7.85. The summed E-state index contributed by atoms with van der Waals surface area (Å²) in [5.41, 5.74) is -1.45. The van der Waals surface area contributed by atoms with E-state index < -0.39 is 17.7 Å². The maximum absolute atomic E-state index is 13.7. The zero-order valence-corrected chi connectivity index (χ0v) is 23.0. The van der Waals surface area contributed by atoms with E-state index in [2.05, 4.69) is 31.9 Å². The molecule has 1 aliphatic heterocycles. The lowest BCUT2D eigenvalue weighted by atomic mass is 10.00. The first-order valence-electron chi connectivity index (χ1n) is 11.2. The molecule has 1 saturated heterocycles. The molecule has 5 rings (SSSR count). The molecule has 0 aromatic heterocycles. The monoisotopic (exact) mass is 620 g/mol. The highest BCUT2D eigenvalue weighted by atomic mass is 79.9. The van der Waals surface area contributed by atoms with Crippen molar-refractivity contribution in [2.75, 3.05) is 9.80 Å². The molecular formula is C26H23Br2ClN2O4. The minimum atomic E-state index is -2.31.